The normalized spacial score (nSPS) is 14.3. The number of hydrogen-bond acceptors (Lipinski definition) is 5. The Bertz CT molecular complexity index is 1060. The van der Waals surface area contributed by atoms with Crippen molar-refractivity contribution in [3.63, 3.8) is 0 Å². The zero-order valence-electron chi connectivity index (χ0n) is 15.0. The highest BCUT2D eigenvalue weighted by molar-refractivity contribution is 6.29. The highest BCUT2D eigenvalue weighted by Gasteiger charge is 2.35. The number of alkyl halides is 3. The molecule has 1 fully saturated rings. The van der Waals surface area contributed by atoms with E-state index >= 15 is 0 Å². The third-order valence-electron chi connectivity index (χ3n) is 4.33. The maximum absolute atomic E-state index is 14.5. The monoisotopic (exact) mass is 427 g/mol. The molecule has 152 valence electrons. The lowest BCUT2D eigenvalue weighted by Gasteiger charge is -2.08. The fourth-order valence-electron chi connectivity index (χ4n) is 2.76. The summed E-state index contributed by atoms with van der Waals surface area (Å²) in [4.78, 5) is 15.6. The van der Waals surface area contributed by atoms with Crippen molar-refractivity contribution in [3.05, 3.63) is 52.4 Å². The van der Waals surface area contributed by atoms with Gasteiger partial charge in [-0.3, -0.25) is 0 Å². The third-order valence-corrected chi connectivity index (χ3v) is 4.53. The minimum absolute atomic E-state index is 0.0720. The molecule has 0 N–H and O–H groups in total. The molecule has 1 aliphatic rings. The van der Waals surface area contributed by atoms with Gasteiger partial charge in [-0.15, -0.1) is 0 Å². The molecule has 4 rings (SSSR count). The minimum atomic E-state index is -4.63. The number of nitrogens with zero attached hydrogens (tertiary/aromatic N) is 5. The average molecular weight is 428 g/mol. The molecule has 3 heterocycles. The van der Waals surface area contributed by atoms with Gasteiger partial charge in [0.1, 0.15) is 17.5 Å². The molecule has 0 amide bonds. The van der Waals surface area contributed by atoms with Gasteiger partial charge in [-0.05, 0) is 25.0 Å². The Morgan fingerprint density at radius 1 is 1.21 bits per heavy atom. The van der Waals surface area contributed by atoms with Crippen LogP contribution in [0.2, 0.25) is 5.15 Å². The van der Waals surface area contributed by atoms with Gasteiger partial charge in [0.15, 0.2) is 17.3 Å². The van der Waals surface area contributed by atoms with E-state index in [1.165, 1.54) is 13.2 Å². The number of rotatable bonds is 5. The summed E-state index contributed by atoms with van der Waals surface area (Å²) in [5.74, 6) is -0.690. The minimum Gasteiger partial charge on any atom is -0.458 e. The van der Waals surface area contributed by atoms with Crippen LogP contribution in [0, 0.1) is 5.82 Å². The molecule has 6 nitrogen and oxygen atoms in total. The SMILES string of the molecule is Cn1cc(C(F)(F)F)nc1-c1ncc(COc2nc(Cl)cc(C3CC3)n2)cc1F. The highest BCUT2D eigenvalue weighted by Crippen LogP contribution is 2.40. The van der Waals surface area contributed by atoms with Gasteiger partial charge in [-0.25, -0.2) is 14.4 Å². The molecule has 0 aliphatic heterocycles. The van der Waals surface area contributed by atoms with Crippen LogP contribution in [0.5, 0.6) is 6.01 Å². The van der Waals surface area contributed by atoms with Crippen molar-refractivity contribution >= 4 is 11.6 Å². The van der Waals surface area contributed by atoms with Gasteiger partial charge in [-0.2, -0.15) is 23.1 Å². The van der Waals surface area contributed by atoms with Gasteiger partial charge in [-0.1, -0.05) is 11.6 Å². The quantitative estimate of drug-likeness (QED) is 0.442. The van der Waals surface area contributed by atoms with Gasteiger partial charge >= 0.3 is 12.2 Å². The second-order valence-corrected chi connectivity index (χ2v) is 7.08. The number of aryl methyl sites for hydroxylation is 1. The fourth-order valence-corrected chi connectivity index (χ4v) is 2.94. The number of pyridine rings is 1. The van der Waals surface area contributed by atoms with Crippen LogP contribution in [-0.2, 0) is 19.8 Å². The molecule has 0 radical (unpaired) electrons. The van der Waals surface area contributed by atoms with Gasteiger partial charge in [0.05, 0.1) is 5.69 Å². The molecule has 3 aromatic rings. The van der Waals surface area contributed by atoms with Crippen molar-refractivity contribution in [2.45, 2.75) is 31.5 Å². The Morgan fingerprint density at radius 2 is 1.97 bits per heavy atom. The van der Waals surface area contributed by atoms with E-state index in [9.17, 15) is 17.6 Å². The first kappa shape index (κ1) is 19.6. The second-order valence-electron chi connectivity index (χ2n) is 6.69. The van der Waals surface area contributed by atoms with Crippen LogP contribution in [0.25, 0.3) is 11.5 Å². The summed E-state index contributed by atoms with van der Waals surface area (Å²) in [5.41, 5.74) is -0.252. The highest BCUT2D eigenvalue weighted by atomic mass is 35.5. The number of imidazole rings is 1. The maximum Gasteiger partial charge on any atom is 0.434 e. The number of aromatic nitrogens is 5. The lowest BCUT2D eigenvalue weighted by molar-refractivity contribution is -0.140. The van der Waals surface area contributed by atoms with Gasteiger partial charge in [0.2, 0.25) is 0 Å². The van der Waals surface area contributed by atoms with Crippen molar-refractivity contribution in [3.8, 4) is 17.5 Å². The predicted molar refractivity (Wildman–Crippen MR) is 94.7 cm³/mol. The van der Waals surface area contributed by atoms with E-state index in [1.807, 2.05) is 0 Å². The summed E-state index contributed by atoms with van der Waals surface area (Å²) in [7, 11) is 1.34. The molecule has 0 saturated heterocycles. The molecule has 0 aromatic carbocycles. The van der Waals surface area contributed by atoms with Crippen molar-refractivity contribution in [2.24, 2.45) is 7.05 Å². The van der Waals surface area contributed by atoms with Crippen molar-refractivity contribution < 1.29 is 22.3 Å². The van der Waals surface area contributed by atoms with Gasteiger partial charge in [0.25, 0.3) is 0 Å². The molecule has 0 unspecified atom stereocenters. The Labute approximate surface area is 167 Å². The molecule has 0 bridgehead atoms. The summed E-state index contributed by atoms with van der Waals surface area (Å²) < 4.78 is 59.5. The number of hydrogen-bond donors (Lipinski definition) is 0. The van der Waals surface area contributed by atoms with E-state index in [0.29, 0.717) is 11.5 Å². The first-order chi connectivity index (χ1) is 13.7. The van der Waals surface area contributed by atoms with Crippen LogP contribution in [0.3, 0.4) is 0 Å². The maximum atomic E-state index is 14.5. The summed E-state index contributed by atoms with van der Waals surface area (Å²) in [6, 6.07) is 2.88. The zero-order valence-corrected chi connectivity index (χ0v) is 15.8. The molecular formula is C18H14ClF4N5O. The second kappa shape index (κ2) is 7.25. The van der Waals surface area contributed by atoms with E-state index in [-0.39, 0.29) is 29.3 Å². The van der Waals surface area contributed by atoms with Crippen molar-refractivity contribution in [1.29, 1.82) is 0 Å². The van der Waals surface area contributed by atoms with E-state index in [4.69, 9.17) is 16.3 Å². The Kier molecular flexibility index (Phi) is 4.89. The van der Waals surface area contributed by atoms with E-state index in [0.717, 1.165) is 35.4 Å². The molecule has 1 aliphatic carbocycles. The summed E-state index contributed by atoms with van der Waals surface area (Å²) in [6.07, 6.45) is -0.482. The zero-order chi connectivity index (χ0) is 20.8. The van der Waals surface area contributed by atoms with Crippen molar-refractivity contribution in [2.75, 3.05) is 0 Å². The lowest BCUT2D eigenvalue weighted by Crippen LogP contribution is -2.05. The lowest BCUT2D eigenvalue weighted by atomic mass is 10.2. The molecule has 0 spiro atoms. The molecular weight excluding hydrogens is 414 g/mol. The van der Waals surface area contributed by atoms with Crippen molar-refractivity contribution in [1.82, 2.24) is 24.5 Å². The predicted octanol–water partition coefficient (Wildman–Crippen LogP) is 4.54. The van der Waals surface area contributed by atoms with Crippen LogP contribution in [0.15, 0.2) is 24.5 Å². The Balaban J connectivity index is 1.52. The summed E-state index contributed by atoms with van der Waals surface area (Å²) >= 11 is 5.97. The van der Waals surface area contributed by atoms with E-state index in [1.54, 1.807) is 6.07 Å². The van der Waals surface area contributed by atoms with E-state index in [2.05, 4.69) is 19.9 Å². The Hall–Kier alpha value is -2.75. The molecule has 0 atom stereocenters. The van der Waals surface area contributed by atoms with Crippen LogP contribution in [0.4, 0.5) is 17.6 Å². The van der Waals surface area contributed by atoms with Gasteiger partial charge in [0, 0.05) is 30.9 Å². The van der Waals surface area contributed by atoms with E-state index < -0.39 is 17.7 Å². The first-order valence-electron chi connectivity index (χ1n) is 8.63. The topological polar surface area (TPSA) is 65.7 Å². The first-order valence-corrected chi connectivity index (χ1v) is 9.01. The molecule has 11 heteroatoms. The van der Waals surface area contributed by atoms with Crippen LogP contribution < -0.4 is 4.74 Å². The summed E-state index contributed by atoms with van der Waals surface area (Å²) in [5, 5.41) is 0.256. The fraction of sp³-hybridized carbons (Fsp3) is 0.333. The number of ether oxygens (including phenoxy) is 1. The molecule has 3 aromatic heterocycles. The van der Waals surface area contributed by atoms with Crippen LogP contribution in [0.1, 0.15) is 35.7 Å². The smallest absolute Gasteiger partial charge is 0.434 e. The standard InChI is InChI=1S/C18H14ClF4N5O/c1-28-7-13(18(21,22)23)26-16(28)15-11(20)4-9(6-24-15)8-29-17-25-12(10-2-3-10)5-14(19)27-17/h4-7,10H,2-3,8H2,1H3. The largest absolute Gasteiger partial charge is 0.458 e. The van der Waals surface area contributed by atoms with Crippen LogP contribution >= 0.6 is 11.6 Å². The molecule has 29 heavy (non-hydrogen) atoms. The number of halogens is 5. The summed E-state index contributed by atoms with van der Waals surface area (Å²) in [6.45, 7) is -0.0803. The van der Waals surface area contributed by atoms with Crippen LogP contribution in [-0.4, -0.2) is 24.5 Å². The average Bonchev–Trinajstić information content (AvgIpc) is 3.41. The third kappa shape index (κ3) is 4.31. The van der Waals surface area contributed by atoms with Gasteiger partial charge < -0.3 is 9.30 Å². The Morgan fingerprint density at radius 3 is 2.59 bits per heavy atom. The molecule has 1 saturated carbocycles.